The number of nitrogens with one attached hydrogen (secondary N) is 1. The quantitative estimate of drug-likeness (QED) is 0.612. The number of pyridine rings is 1. The second kappa shape index (κ2) is 8.19. The third-order valence-corrected chi connectivity index (χ3v) is 4.72. The van der Waals surface area contributed by atoms with Gasteiger partial charge in [0, 0.05) is 23.1 Å². The molecule has 0 saturated heterocycles. The number of benzene rings is 2. The molecule has 6 nitrogen and oxygen atoms in total. The van der Waals surface area contributed by atoms with Crippen LogP contribution >= 0.6 is 0 Å². The smallest absolute Gasteiger partial charge is 0.252 e. The summed E-state index contributed by atoms with van der Waals surface area (Å²) in [5, 5.41) is 13.2. The van der Waals surface area contributed by atoms with E-state index in [1.807, 2.05) is 43.3 Å². The van der Waals surface area contributed by atoms with Gasteiger partial charge in [0.25, 0.3) is 5.91 Å². The van der Waals surface area contributed by atoms with Crippen molar-refractivity contribution < 1.29 is 14.7 Å². The van der Waals surface area contributed by atoms with Gasteiger partial charge in [0.05, 0.1) is 12.1 Å². The summed E-state index contributed by atoms with van der Waals surface area (Å²) >= 11 is 0. The Balaban J connectivity index is 2.00. The van der Waals surface area contributed by atoms with E-state index in [4.69, 9.17) is 5.73 Å². The van der Waals surface area contributed by atoms with Crippen molar-refractivity contribution in [3.05, 3.63) is 76.5 Å². The molecule has 1 atom stereocenters. The molecule has 0 spiro atoms. The third-order valence-electron chi connectivity index (χ3n) is 4.72. The average Bonchev–Trinajstić information content (AvgIpc) is 2.68. The maximum Gasteiger partial charge on any atom is 0.252 e. The standard InChI is InChI=1S/C22H23N3O3/c1-13-10-17(12-26)18-9-5-7-16(20(18)24-13)11-15-6-3-4-8-19(15)22(28)25-14(2)21(23)27/h3-10,14,26H,11-12H2,1-2H3,(H2,23,27)(H,25,28)/t14-/m0/s1. The van der Waals surface area contributed by atoms with Crippen molar-refractivity contribution >= 4 is 22.7 Å². The third kappa shape index (κ3) is 4.02. The summed E-state index contributed by atoms with van der Waals surface area (Å²) in [4.78, 5) is 28.5. The van der Waals surface area contributed by atoms with E-state index < -0.39 is 11.9 Å². The number of aliphatic hydroxyl groups is 1. The van der Waals surface area contributed by atoms with Crippen LogP contribution in [0.25, 0.3) is 10.9 Å². The number of carbonyl (C=O) groups excluding carboxylic acids is 2. The van der Waals surface area contributed by atoms with Crippen molar-refractivity contribution in [2.75, 3.05) is 0 Å². The predicted molar refractivity (Wildman–Crippen MR) is 108 cm³/mol. The predicted octanol–water partition coefficient (Wildman–Crippen LogP) is 2.23. The van der Waals surface area contributed by atoms with Gasteiger partial charge in [-0.2, -0.15) is 0 Å². The Labute approximate surface area is 163 Å². The van der Waals surface area contributed by atoms with Gasteiger partial charge >= 0.3 is 0 Å². The lowest BCUT2D eigenvalue weighted by Crippen LogP contribution is -2.42. The molecule has 0 radical (unpaired) electrons. The summed E-state index contributed by atoms with van der Waals surface area (Å²) in [6, 6.07) is 14.2. The lowest BCUT2D eigenvalue weighted by molar-refractivity contribution is -0.119. The minimum absolute atomic E-state index is 0.0622. The number of nitrogens with zero attached hydrogens (tertiary/aromatic N) is 1. The summed E-state index contributed by atoms with van der Waals surface area (Å²) in [7, 11) is 0. The Bertz CT molecular complexity index is 1050. The molecule has 0 aliphatic rings. The highest BCUT2D eigenvalue weighted by Gasteiger charge is 2.17. The zero-order valence-electron chi connectivity index (χ0n) is 15.9. The van der Waals surface area contributed by atoms with E-state index in [2.05, 4.69) is 10.3 Å². The van der Waals surface area contributed by atoms with Crippen LogP contribution < -0.4 is 11.1 Å². The number of carbonyl (C=O) groups is 2. The first kappa shape index (κ1) is 19.5. The van der Waals surface area contributed by atoms with Crippen molar-refractivity contribution in [1.82, 2.24) is 10.3 Å². The summed E-state index contributed by atoms with van der Waals surface area (Å²) in [5.41, 5.74) is 9.97. The van der Waals surface area contributed by atoms with Crippen molar-refractivity contribution in [2.45, 2.75) is 32.9 Å². The van der Waals surface area contributed by atoms with Crippen molar-refractivity contribution in [3.63, 3.8) is 0 Å². The van der Waals surface area contributed by atoms with Gasteiger partial charge < -0.3 is 16.2 Å². The van der Waals surface area contributed by atoms with Crippen LogP contribution in [0, 0.1) is 6.92 Å². The van der Waals surface area contributed by atoms with Crippen LogP contribution in [0.4, 0.5) is 0 Å². The maximum atomic E-state index is 12.6. The fourth-order valence-electron chi connectivity index (χ4n) is 3.24. The number of aromatic nitrogens is 1. The molecule has 4 N–H and O–H groups in total. The molecule has 1 aromatic heterocycles. The number of rotatable bonds is 6. The topological polar surface area (TPSA) is 105 Å². The molecular weight excluding hydrogens is 354 g/mol. The summed E-state index contributed by atoms with van der Waals surface area (Å²) in [6.45, 7) is 3.38. The molecule has 0 fully saturated rings. The molecule has 144 valence electrons. The minimum Gasteiger partial charge on any atom is -0.392 e. The first-order valence-electron chi connectivity index (χ1n) is 9.07. The highest BCUT2D eigenvalue weighted by molar-refractivity contribution is 5.98. The van der Waals surface area contributed by atoms with Crippen LogP contribution in [0.5, 0.6) is 0 Å². The van der Waals surface area contributed by atoms with Crippen LogP contribution in [0.15, 0.2) is 48.5 Å². The Kier molecular flexibility index (Phi) is 5.70. The van der Waals surface area contributed by atoms with Gasteiger partial charge in [0.1, 0.15) is 6.04 Å². The number of para-hydroxylation sites is 1. The highest BCUT2D eigenvalue weighted by atomic mass is 16.3. The SMILES string of the molecule is Cc1cc(CO)c2cccc(Cc3ccccc3C(=O)N[C@@H](C)C(N)=O)c2n1. The van der Waals surface area contributed by atoms with Gasteiger partial charge in [0.2, 0.25) is 5.91 Å². The number of aryl methyl sites for hydroxylation is 1. The van der Waals surface area contributed by atoms with Gasteiger partial charge in [-0.1, -0.05) is 36.4 Å². The van der Waals surface area contributed by atoms with Gasteiger partial charge in [0.15, 0.2) is 0 Å². The lowest BCUT2D eigenvalue weighted by Gasteiger charge is -2.14. The molecule has 2 aromatic carbocycles. The number of fused-ring (bicyclic) bond motifs is 1. The largest absolute Gasteiger partial charge is 0.392 e. The number of aliphatic hydroxyl groups excluding tert-OH is 1. The molecular formula is C22H23N3O3. The van der Waals surface area contributed by atoms with E-state index in [0.717, 1.165) is 33.3 Å². The summed E-state index contributed by atoms with van der Waals surface area (Å²) in [6.07, 6.45) is 0.493. The van der Waals surface area contributed by atoms with Crippen LogP contribution in [0.3, 0.4) is 0 Å². The fraction of sp³-hybridized carbons (Fsp3) is 0.227. The maximum absolute atomic E-state index is 12.6. The van der Waals surface area contributed by atoms with Crippen LogP contribution in [-0.4, -0.2) is 27.9 Å². The number of primary amides is 1. The van der Waals surface area contributed by atoms with Gasteiger partial charge in [-0.3, -0.25) is 14.6 Å². The zero-order valence-corrected chi connectivity index (χ0v) is 15.9. The molecule has 2 amide bonds. The number of hydrogen-bond donors (Lipinski definition) is 3. The van der Waals surface area contributed by atoms with Crippen LogP contribution in [0.2, 0.25) is 0 Å². The molecule has 6 heteroatoms. The molecule has 28 heavy (non-hydrogen) atoms. The summed E-state index contributed by atoms with van der Waals surface area (Å²) < 4.78 is 0. The summed E-state index contributed by atoms with van der Waals surface area (Å²) in [5.74, 6) is -0.932. The first-order chi connectivity index (χ1) is 13.4. The lowest BCUT2D eigenvalue weighted by atomic mass is 9.96. The van der Waals surface area contributed by atoms with Crippen molar-refractivity contribution in [3.8, 4) is 0 Å². The molecule has 0 saturated carbocycles. The Morgan fingerprint density at radius 1 is 1.11 bits per heavy atom. The van der Waals surface area contributed by atoms with Crippen LogP contribution in [0.1, 0.15) is 39.7 Å². The Morgan fingerprint density at radius 3 is 2.54 bits per heavy atom. The minimum atomic E-state index is -0.755. The van der Waals surface area contributed by atoms with Crippen molar-refractivity contribution in [2.24, 2.45) is 5.73 Å². The second-order valence-electron chi connectivity index (χ2n) is 6.83. The highest BCUT2D eigenvalue weighted by Crippen LogP contribution is 2.25. The Hall–Kier alpha value is -3.25. The van der Waals surface area contributed by atoms with E-state index in [9.17, 15) is 14.7 Å². The zero-order chi connectivity index (χ0) is 20.3. The second-order valence-corrected chi connectivity index (χ2v) is 6.83. The van der Waals surface area contributed by atoms with Gasteiger partial charge in [-0.25, -0.2) is 0 Å². The molecule has 1 heterocycles. The number of nitrogens with two attached hydrogens (primary N) is 1. The molecule has 0 aliphatic carbocycles. The number of amides is 2. The van der Waals surface area contributed by atoms with Crippen LogP contribution in [-0.2, 0) is 17.8 Å². The van der Waals surface area contributed by atoms with E-state index in [1.165, 1.54) is 0 Å². The number of hydrogen-bond acceptors (Lipinski definition) is 4. The van der Waals surface area contributed by atoms with E-state index in [-0.39, 0.29) is 12.5 Å². The first-order valence-corrected chi connectivity index (χ1v) is 9.07. The van der Waals surface area contributed by atoms with Gasteiger partial charge in [-0.15, -0.1) is 0 Å². The van der Waals surface area contributed by atoms with Gasteiger partial charge in [-0.05, 0) is 42.7 Å². The van der Waals surface area contributed by atoms with E-state index in [1.54, 1.807) is 19.1 Å². The van der Waals surface area contributed by atoms with E-state index >= 15 is 0 Å². The molecule has 0 aliphatic heterocycles. The molecule has 3 aromatic rings. The van der Waals surface area contributed by atoms with Crippen molar-refractivity contribution in [1.29, 1.82) is 0 Å². The average molecular weight is 377 g/mol. The van der Waals surface area contributed by atoms with E-state index in [0.29, 0.717) is 12.0 Å². The molecule has 3 rings (SSSR count). The Morgan fingerprint density at radius 2 is 1.82 bits per heavy atom. The fourth-order valence-corrected chi connectivity index (χ4v) is 3.24. The monoisotopic (exact) mass is 377 g/mol. The molecule has 0 unspecified atom stereocenters. The molecule has 0 bridgehead atoms. The normalized spacial score (nSPS) is 12.0.